The van der Waals surface area contributed by atoms with E-state index in [1.165, 1.54) is 4.90 Å². The number of hydrogen-bond donors (Lipinski definition) is 3. The van der Waals surface area contributed by atoms with Gasteiger partial charge in [-0.3, -0.25) is 14.4 Å². The van der Waals surface area contributed by atoms with E-state index >= 15 is 0 Å². The van der Waals surface area contributed by atoms with Crippen molar-refractivity contribution in [1.82, 2.24) is 30.5 Å². The summed E-state index contributed by atoms with van der Waals surface area (Å²) in [6.45, 7) is 1.70. The zero-order valence-electron chi connectivity index (χ0n) is 21.2. The number of nitrogens with zero attached hydrogens (tertiary/aromatic N) is 4. The lowest BCUT2D eigenvalue weighted by Gasteiger charge is -2.35. The first-order valence-corrected chi connectivity index (χ1v) is 13.9. The van der Waals surface area contributed by atoms with E-state index in [9.17, 15) is 19.5 Å². The summed E-state index contributed by atoms with van der Waals surface area (Å²) < 4.78 is 8.04. The Morgan fingerprint density at radius 3 is 2.67 bits per heavy atom. The fraction of sp³-hybridized carbons (Fsp3) is 0.444. The molecule has 1 spiro atoms. The monoisotopic (exact) mass is 596 g/mol. The van der Waals surface area contributed by atoms with E-state index in [-0.39, 0.29) is 29.9 Å². The van der Waals surface area contributed by atoms with E-state index < -0.39 is 41.5 Å². The molecule has 0 saturated carbocycles. The van der Waals surface area contributed by atoms with Gasteiger partial charge in [0.1, 0.15) is 23.8 Å². The van der Waals surface area contributed by atoms with Crippen LogP contribution < -0.4 is 10.6 Å². The third-order valence-corrected chi connectivity index (χ3v) is 8.99. The first-order valence-electron chi connectivity index (χ1n) is 13.0. The number of benzene rings is 2. The number of aromatic nitrogens is 3. The van der Waals surface area contributed by atoms with E-state index in [1.807, 2.05) is 54.6 Å². The number of carbonyl (C=O) groups excluding carboxylic acids is 3. The van der Waals surface area contributed by atoms with Gasteiger partial charge in [0.2, 0.25) is 17.7 Å². The molecular formula is C27H29BrN6O5. The summed E-state index contributed by atoms with van der Waals surface area (Å²) in [4.78, 5) is 42.5. The number of aliphatic hydroxyl groups is 1. The van der Waals surface area contributed by atoms with Crippen LogP contribution in [0.2, 0.25) is 0 Å². The minimum Gasteiger partial charge on any atom is -0.394 e. The molecule has 2 bridgehead atoms. The third kappa shape index (κ3) is 4.12. The lowest BCUT2D eigenvalue weighted by atomic mass is 9.70. The topological polar surface area (TPSA) is 139 Å². The molecule has 3 fully saturated rings. The summed E-state index contributed by atoms with van der Waals surface area (Å²) >= 11 is 3.66. The highest BCUT2D eigenvalue weighted by molar-refractivity contribution is 9.09. The maximum Gasteiger partial charge on any atom is 0.247 e. The van der Waals surface area contributed by atoms with Crippen LogP contribution in [0.3, 0.4) is 0 Å². The molecular weight excluding hydrogens is 568 g/mol. The Balaban J connectivity index is 1.28. The van der Waals surface area contributed by atoms with Gasteiger partial charge in [-0.15, -0.1) is 5.10 Å². The standard InChI is InChI=1S/C27H29BrN6O5/c1-15(13-35)34-23(25(37)30-14-33-19-10-6-5-9-18(19)31-32-33)27-11-17(28)22(39-27)20(21(27)26(34)38)24(36)29-12-16-7-3-2-4-8-16/h2-10,15,17,20-23,35H,11-14H2,1H3,(H,29,36)(H,30,37)/t15-,17?,20-,21+,22-,23?,27?/m1/s1. The maximum absolute atomic E-state index is 13.9. The van der Waals surface area contributed by atoms with Crippen molar-refractivity contribution in [3.8, 4) is 0 Å². The van der Waals surface area contributed by atoms with Gasteiger partial charge < -0.3 is 25.4 Å². The summed E-state index contributed by atoms with van der Waals surface area (Å²) in [6, 6.07) is 15.2. The lowest BCUT2D eigenvalue weighted by Crippen LogP contribution is -2.58. The van der Waals surface area contributed by atoms with Gasteiger partial charge >= 0.3 is 0 Å². The average Bonchev–Trinajstić information content (AvgIpc) is 3.67. The molecule has 0 radical (unpaired) electrons. The number of fused-ring (bicyclic) bond motifs is 2. The minimum atomic E-state index is -1.21. The van der Waals surface area contributed by atoms with Crippen molar-refractivity contribution in [3.05, 3.63) is 60.2 Å². The van der Waals surface area contributed by atoms with Crippen molar-refractivity contribution in [1.29, 1.82) is 0 Å². The number of halogens is 1. The highest BCUT2D eigenvalue weighted by Gasteiger charge is 2.76. The van der Waals surface area contributed by atoms with Gasteiger partial charge in [-0.1, -0.05) is 63.6 Å². The van der Waals surface area contributed by atoms with Crippen LogP contribution in [0.4, 0.5) is 0 Å². The number of amides is 3. The molecule has 39 heavy (non-hydrogen) atoms. The summed E-state index contributed by atoms with van der Waals surface area (Å²) in [6.07, 6.45) is -0.175. The SMILES string of the molecule is C[C@H](CO)N1C(=O)[C@@H]2[C@@H](C(=O)NCc3ccccc3)[C@@H]3OC2(CC3Br)C1C(=O)NCn1nnc2ccccc21. The molecule has 1 aromatic heterocycles. The van der Waals surface area contributed by atoms with Gasteiger partial charge in [0.25, 0.3) is 0 Å². The largest absolute Gasteiger partial charge is 0.394 e. The summed E-state index contributed by atoms with van der Waals surface area (Å²) in [7, 11) is 0. The number of carbonyl (C=O) groups is 3. The number of nitrogens with one attached hydrogen (secondary N) is 2. The Bertz CT molecular complexity index is 1420. The Kier molecular flexibility index (Phi) is 6.64. The predicted molar refractivity (Wildman–Crippen MR) is 143 cm³/mol. The predicted octanol–water partition coefficient (Wildman–Crippen LogP) is 0.950. The third-order valence-electron chi connectivity index (χ3n) is 8.15. The number of ether oxygens (including phenoxy) is 1. The van der Waals surface area contributed by atoms with E-state index in [2.05, 4.69) is 36.9 Å². The molecule has 3 unspecified atom stereocenters. The Morgan fingerprint density at radius 1 is 1.15 bits per heavy atom. The second-order valence-electron chi connectivity index (χ2n) is 10.4. The van der Waals surface area contributed by atoms with Gasteiger partial charge in [0.15, 0.2) is 0 Å². The fourth-order valence-corrected chi connectivity index (χ4v) is 7.36. The molecule has 3 aliphatic heterocycles. The molecule has 3 N–H and O–H groups in total. The maximum atomic E-state index is 13.9. The zero-order chi connectivity index (χ0) is 27.3. The Hall–Kier alpha value is -3.35. The number of likely N-dealkylation sites (tertiary alicyclic amines) is 1. The van der Waals surface area contributed by atoms with Crippen LogP contribution >= 0.6 is 15.9 Å². The Morgan fingerprint density at radius 2 is 1.90 bits per heavy atom. The second kappa shape index (κ2) is 10.00. The minimum absolute atomic E-state index is 0.0360. The highest BCUT2D eigenvalue weighted by Crippen LogP contribution is 2.60. The van der Waals surface area contributed by atoms with E-state index in [0.717, 1.165) is 11.1 Å². The Labute approximate surface area is 233 Å². The van der Waals surface area contributed by atoms with Crippen LogP contribution in [0.5, 0.6) is 0 Å². The number of para-hydroxylation sites is 1. The first-order chi connectivity index (χ1) is 18.9. The van der Waals surface area contributed by atoms with Crippen LogP contribution in [0.1, 0.15) is 18.9 Å². The molecule has 7 atom stereocenters. The van der Waals surface area contributed by atoms with Crippen molar-refractivity contribution in [2.45, 2.75) is 55.2 Å². The van der Waals surface area contributed by atoms with Gasteiger partial charge in [0.05, 0.1) is 36.1 Å². The van der Waals surface area contributed by atoms with Crippen molar-refractivity contribution < 1.29 is 24.2 Å². The molecule has 12 heteroatoms. The smallest absolute Gasteiger partial charge is 0.247 e. The molecule has 11 nitrogen and oxygen atoms in total. The molecule has 3 amide bonds. The van der Waals surface area contributed by atoms with Crippen LogP contribution in [-0.4, -0.2) is 77.9 Å². The van der Waals surface area contributed by atoms with Crippen molar-refractivity contribution in [3.63, 3.8) is 0 Å². The molecule has 3 aliphatic rings. The number of rotatable bonds is 8. The summed E-state index contributed by atoms with van der Waals surface area (Å²) in [5, 5.41) is 24.1. The van der Waals surface area contributed by atoms with Crippen LogP contribution in [0.15, 0.2) is 54.6 Å². The normalized spacial score (nSPS) is 30.0. The van der Waals surface area contributed by atoms with Crippen molar-refractivity contribution in [2.24, 2.45) is 11.8 Å². The van der Waals surface area contributed by atoms with E-state index in [4.69, 9.17) is 4.74 Å². The van der Waals surface area contributed by atoms with Crippen molar-refractivity contribution in [2.75, 3.05) is 6.61 Å². The van der Waals surface area contributed by atoms with Crippen LogP contribution in [-0.2, 0) is 32.3 Å². The van der Waals surface area contributed by atoms with Gasteiger partial charge in [-0.05, 0) is 31.0 Å². The van der Waals surface area contributed by atoms with E-state index in [1.54, 1.807) is 11.6 Å². The van der Waals surface area contributed by atoms with Gasteiger partial charge in [-0.2, -0.15) is 0 Å². The molecule has 6 rings (SSSR count). The summed E-state index contributed by atoms with van der Waals surface area (Å²) in [5.74, 6) is -2.70. The molecule has 204 valence electrons. The molecule has 0 aliphatic carbocycles. The fourth-order valence-electron chi connectivity index (χ4n) is 6.42. The first kappa shape index (κ1) is 25.9. The number of alkyl halides is 1. The second-order valence-corrected chi connectivity index (χ2v) is 11.6. The number of hydrogen-bond acceptors (Lipinski definition) is 7. The molecule has 4 heterocycles. The molecule has 3 saturated heterocycles. The van der Waals surface area contributed by atoms with Crippen LogP contribution in [0.25, 0.3) is 11.0 Å². The lowest BCUT2D eigenvalue weighted by molar-refractivity contribution is -0.145. The van der Waals surface area contributed by atoms with Crippen LogP contribution in [0, 0.1) is 11.8 Å². The zero-order valence-corrected chi connectivity index (χ0v) is 22.8. The average molecular weight is 597 g/mol. The molecule has 2 aromatic carbocycles. The number of aliphatic hydroxyl groups excluding tert-OH is 1. The van der Waals surface area contributed by atoms with Gasteiger partial charge in [-0.25, -0.2) is 4.68 Å². The van der Waals surface area contributed by atoms with Gasteiger partial charge in [0, 0.05) is 11.4 Å². The van der Waals surface area contributed by atoms with Crippen molar-refractivity contribution >= 4 is 44.7 Å². The molecule has 3 aromatic rings. The van der Waals surface area contributed by atoms with E-state index in [0.29, 0.717) is 18.5 Å². The highest BCUT2D eigenvalue weighted by atomic mass is 79.9. The quantitative estimate of drug-likeness (QED) is 0.329. The summed E-state index contributed by atoms with van der Waals surface area (Å²) in [5.41, 5.74) is 1.18.